The van der Waals surface area contributed by atoms with Gasteiger partial charge in [0.05, 0.1) is 9.85 Å². The van der Waals surface area contributed by atoms with E-state index in [2.05, 4.69) is 0 Å². The molecule has 0 aromatic heterocycles. The van der Waals surface area contributed by atoms with Crippen molar-refractivity contribution in [1.29, 1.82) is 0 Å². The number of hydrogen-bond donors (Lipinski definition) is 0. The smallest absolute Gasteiger partial charge is 0.270 e. The number of allylic oxidation sites excluding steroid dienone is 1. The van der Waals surface area contributed by atoms with Gasteiger partial charge in [-0.15, -0.1) is 0 Å². The van der Waals surface area contributed by atoms with E-state index >= 15 is 0 Å². The molecule has 0 unspecified atom stereocenters. The Morgan fingerprint density at radius 2 is 1.36 bits per heavy atom. The minimum atomic E-state index is -0.521. The Morgan fingerprint density at radius 1 is 0.893 bits per heavy atom. The lowest BCUT2D eigenvalue weighted by atomic mass is 10.1. The molecule has 0 fully saturated rings. The Bertz CT molecular complexity index is 892. The van der Waals surface area contributed by atoms with Gasteiger partial charge < -0.3 is 4.90 Å². The van der Waals surface area contributed by atoms with Crippen molar-refractivity contribution in [2.75, 3.05) is 14.1 Å². The lowest BCUT2D eigenvalue weighted by molar-refractivity contribution is -0.385. The number of carbonyl (C=O) groups excluding carboxylic acids is 2. The van der Waals surface area contributed by atoms with Crippen LogP contribution in [0.4, 0.5) is 11.4 Å². The number of Topliss-reactive ketones (excluding diaryl/α,β-unsaturated/α-hetero) is 1. The van der Waals surface area contributed by atoms with Crippen LogP contribution in [-0.4, -0.2) is 40.4 Å². The number of carbonyl (C=O) groups is 2. The van der Waals surface area contributed by atoms with E-state index in [0.29, 0.717) is 11.1 Å². The van der Waals surface area contributed by atoms with Crippen molar-refractivity contribution in [2.24, 2.45) is 0 Å². The van der Waals surface area contributed by atoms with Gasteiger partial charge in [-0.05, 0) is 6.92 Å². The van der Waals surface area contributed by atoms with E-state index in [4.69, 9.17) is 0 Å². The van der Waals surface area contributed by atoms with Gasteiger partial charge in [0.25, 0.3) is 11.4 Å². The summed E-state index contributed by atoms with van der Waals surface area (Å²) in [5, 5.41) is 20.8. The molecule has 0 bridgehead atoms. The minimum absolute atomic E-state index is 0.0531. The van der Waals surface area contributed by atoms with Crippen LogP contribution in [0.3, 0.4) is 0 Å². The molecule has 2 aromatic rings. The number of nitro groups is 2. The lowest BCUT2D eigenvalue weighted by Gasteiger charge is -2.02. The number of non-ortho nitro benzene ring substituents is 2. The van der Waals surface area contributed by atoms with E-state index in [0.717, 1.165) is 0 Å². The molecule has 0 aliphatic carbocycles. The zero-order valence-corrected chi connectivity index (χ0v) is 15.6. The highest BCUT2D eigenvalue weighted by Crippen LogP contribution is 2.14. The SMILES string of the molecule is CC(=O)c1cccc([N+](=O)[O-])c1.CN(C)/C=C/C(=O)c1cccc([N+](=O)[O-])c1. The summed E-state index contributed by atoms with van der Waals surface area (Å²) in [5.41, 5.74) is 0.545. The first-order valence-corrected chi connectivity index (χ1v) is 8.00. The second-order valence-electron chi connectivity index (χ2n) is 5.81. The third kappa shape index (κ3) is 7.16. The molecule has 0 atom stereocenters. The molecule has 9 nitrogen and oxygen atoms in total. The lowest BCUT2D eigenvalue weighted by Crippen LogP contribution is -2.03. The summed E-state index contributed by atoms with van der Waals surface area (Å²) < 4.78 is 0. The largest absolute Gasteiger partial charge is 0.383 e. The molecule has 0 radical (unpaired) electrons. The van der Waals surface area contributed by atoms with Crippen LogP contribution >= 0.6 is 0 Å². The van der Waals surface area contributed by atoms with Gasteiger partial charge in [0, 0.05) is 61.8 Å². The quantitative estimate of drug-likeness (QED) is 0.322. The fourth-order valence-electron chi connectivity index (χ4n) is 1.92. The molecule has 2 rings (SSSR count). The molecule has 0 aliphatic heterocycles. The summed E-state index contributed by atoms with van der Waals surface area (Å²) in [7, 11) is 3.58. The van der Waals surface area contributed by atoms with Gasteiger partial charge in [0.2, 0.25) is 0 Å². The Hall–Kier alpha value is -3.88. The second kappa shape index (κ2) is 10.3. The number of hydrogen-bond acceptors (Lipinski definition) is 7. The molecule has 0 saturated carbocycles. The van der Waals surface area contributed by atoms with Crippen LogP contribution in [0.5, 0.6) is 0 Å². The van der Waals surface area contributed by atoms with E-state index in [9.17, 15) is 29.8 Å². The summed E-state index contributed by atoms with van der Waals surface area (Å²) in [5.74, 6) is -0.420. The molecule has 0 spiro atoms. The molecule has 0 aliphatic rings. The van der Waals surface area contributed by atoms with E-state index in [1.165, 1.54) is 49.4 Å². The molecular formula is C19H19N3O6. The summed E-state index contributed by atoms with van der Waals surface area (Å²) in [4.78, 5) is 43.8. The molecule has 0 saturated heterocycles. The first kappa shape index (κ1) is 22.2. The van der Waals surface area contributed by atoms with Gasteiger partial charge >= 0.3 is 0 Å². The third-order valence-electron chi connectivity index (χ3n) is 3.33. The van der Waals surface area contributed by atoms with Gasteiger partial charge in [0.1, 0.15) is 0 Å². The standard InChI is InChI=1S/C11H12N2O3.C8H7NO3/c1-12(2)7-6-11(14)9-4-3-5-10(8-9)13(15)16;1-6(10)7-3-2-4-8(5-7)9(11)12/h3-8H,1-2H3;2-5H,1H3/b7-6+;. The normalized spacial score (nSPS) is 9.96. The van der Waals surface area contributed by atoms with Gasteiger partial charge in [-0.25, -0.2) is 0 Å². The van der Waals surface area contributed by atoms with Crippen LogP contribution in [0.2, 0.25) is 0 Å². The fourth-order valence-corrected chi connectivity index (χ4v) is 1.92. The van der Waals surface area contributed by atoms with Crippen LogP contribution in [0.1, 0.15) is 27.6 Å². The number of nitrogens with zero attached hydrogens (tertiary/aromatic N) is 3. The fraction of sp³-hybridized carbons (Fsp3) is 0.158. The highest BCUT2D eigenvalue weighted by Gasteiger charge is 2.09. The zero-order chi connectivity index (χ0) is 21.3. The van der Waals surface area contributed by atoms with Gasteiger partial charge in [-0.2, -0.15) is 0 Å². The van der Waals surface area contributed by atoms with Crippen LogP contribution < -0.4 is 0 Å². The van der Waals surface area contributed by atoms with E-state index in [1.54, 1.807) is 37.3 Å². The van der Waals surface area contributed by atoms with Crippen molar-refractivity contribution in [1.82, 2.24) is 4.90 Å². The van der Waals surface area contributed by atoms with E-state index in [-0.39, 0.29) is 22.9 Å². The molecule has 0 N–H and O–H groups in total. The Morgan fingerprint density at radius 3 is 1.79 bits per heavy atom. The monoisotopic (exact) mass is 385 g/mol. The van der Waals surface area contributed by atoms with E-state index < -0.39 is 9.85 Å². The van der Waals surface area contributed by atoms with Crippen LogP contribution in [0.25, 0.3) is 0 Å². The van der Waals surface area contributed by atoms with Crippen LogP contribution in [0, 0.1) is 20.2 Å². The third-order valence-corrected chi connectivity index (χ3v) is 3.33. The number of ketones is 2. The molecule has 0 amide bonds. The average Bonchev–Trinajstić information content (AvgIpc) is 2.66. The first-order chi connectivity index (χ1) is 13.1. The van der Waals surface area contributed by atoms with Gasteiger partial charge in [-0.3, -0.25) is 29.8 Å². The number of nitro benzene ring substituents is 2. The van der Waals surface area contributed by atoms with E-state index in [1.807, 2.05) is 0 Å². The molecule has 9 heteroatoms. The maximum Gasteiger partial charge on any atom is 0.270 e. The predicted octanol–water partition coefficient (Wildman–Crippen LogP) is 3.65. The van der Waals surface area contributed by atoms with Crippen molar-refractivity contribution >= 4 is 22.9 Å². The summed E-state index contributed by atoms with van der Waals surface area (Å²) in [6.07, 6.45) is 2.97. The average molecular weight is 385 g/mol. The first-order valence-electron chi connectivity index (χ1n) is 8.00. The summed E-state index contributed by atoms with van der Waals surface area (Å²) in [6, 6.07) is 11.3. The number of benzene rings is 2. The minimum Gasteiger partial charge on any atom is -0.383 e. The summed E-state index contributed by atoms with van der Waals surface area (Å²) in [6.45, 7) is 1.37. The second-order valence-corrected chi connectivity index (χ2v) is 5.81. The molecular weight excluding hydrogens is 366 g/mol. The molecule has 2 aromatic carbocycles. The maximum absolute atomic E-state index is 11.6. The highest BCUT2D eigenvalue weighted by molar-refractivity contribution is 6.04. The molecule has 0 heterocycles. The van der Waals surface area contributed by atoms with Gasteiger partial charge in [0.15, 0.2) is 11.6 Å². The van der Waals surface area contributed by atoms with Gasteiger partial charge in [-0.1, -0.05) is 24.3 Å². The van der Waals surface area contributed by atoms with Crippen molar-refractivity contribution < 1.29 is 19.4 Å². The zero-order valence-electron chi connectivity index (χ0n) is 15.6. The van der Waals surface area contributed by atoms with Crippen molar-refractivity contribution in [3.05, 3.63) is 92.2 Å². The summed E-state index contributed by atoms with van der Waals surface area (Å²) >= 11 is 0. The molecule has 28 heavy (non-hydrogen) atoms. The Labute approximate surface area is 161 Å². The van der Waals surface area contributed by atoms with Crippen molar-refractivity contribution in [2.45, 2.75) is 6.92 Å². The van der Waals surface area contributed by atoms with Crippen LogP contribution in [0.15, 0.2) is 60.8 Å². The highest BCUT2D eigenvalue weighted by atomic mass is 16.6. The van der Waals surface area contributed by atoms with Crippen molar-refractivity contribution in [3.8, 4) is 0 Å². The van der Waals surface area contributed by atoms with Crippen molar-refractivity contribution in [3.63, 3.8) is 0 Å². The molecule has 146 valence electrons. The maximum atomic E-state index is 11.6. The predicted molar refractivity (Wildman–Crippen MR) is 103 cm³/mol. The Balaban J connectivity index is 0.000000292. The number of rotatable bonds is 6. The van der Waals surface area contributed by atoms with Crippen LogP contribution in [-0.2, 0) is 0 Å². The topological polar surface area (TPSA) is 124 Å². The Kier molecular flexibility index (Phi) is 8.16.